The van der Waals surface area contributed by atoms with E-state index in [9.17, 15) is 4.79 Å². The number of rotatable bonds is 3. The number of nitrogens with one attached hydrogen (secondary N) is 1. The fourth-order valence-electron chi connectivity index (χ4n) is 1.37. The molecule has 122 valence electrons. The van der Waals surface area contributed by atoms with E-state index in [-0.39, 0.29) is 0 Å². The van der Waals surface area contributed by atoms with Crippen molar-refractivity contribution in [2.75, 3.05) is 54.9 Å². The number of halogens is 2. The van der Waals surface area contributed by atoms with Crippen molar-refractivity contribution in [3.63, 3.8) is 0 Å². The molecule has 0 saturated carbocycles. The van der Waals surface area contributed by atoms with Crippen molar-refractivity contribution in [2.24, 2.45) is 0 Å². The third-order valence-electron chi connectivity index (χ3n) is 2.35. The van der Waals surface area contributed by atoms with Crippen LogP contribution in [0.5, 0.6) is 5.75 Å². The maximum atomic E-state index is 11.2. The number of nitrogens with zero attached hydrogens (tertiary/aromatic N) is 2. The summed E-state index contributed by atoms with van der Waals surface area (Å²) in [6.45, 7) is 0. The van der Waals surface area contributed by atoms with Crippen LogP contribution in [-0.2, 0) is 0 Å². The predicted molar refractivity (Wildman–Crippen MR) is 110 cm³/mol. The number of carbonyl (C=O) groups is 1. The summed E-state index contributed by atoms with van der Waals surface area (Å²) in [4.78, 5) is 19.1. The number of ether oxygens (including phenoxy) is 1. The molecule has 0 aliphatic rings. The van der Waals surface area contributed by atoms with Crippen molar-refractivity contribution in [3.05, 3.63) is 18.2 Å². The highest BCUT2D eigenvalue weighted by Crippen LogP contribution is 2.31. The summed E-state index contributed by atoms with van der Waals surface area (Å²) < 4.78 is 5.18. The van der Waals surface area contributed by atoms with Crippen LogP contribution in [0.3, 0.4) is 0 Å². The highest BCUT2D eigenvalue weighted by Gasteiger charge is 2.11. The summed E-state index contributed by atoms with van der Waals surface area (Å²) in [6, 6.07) is 5.67. The minimum atomic E-state index is -0.467. The van der Waals surface area contributed by atoms with Crippen LogP contribution in [0.2, 0.25) is 0 Å². The van der Waals surface area contributed by atoms with Gasteiger partial charge in [-0.05, 0) is 28.1 Å². The molecule has 0 fully saturated rings. The van der Waals surface area contributed by atoms with E-state index in [1.54, 1.807) is 6.07 Å². The number of anilines is 2. The molecular weight excluding hydrogens is 496 g/mol. The number of amides is 1. The van der Waals surface area contributed by atoms with Crippen molar-refractivity contribution < 1.29 is 9.53 Å². The lowest BCUT2D eigenvalue weighted by molar-refractivity contribution is 0.203. The van der Waals surface area contributed by atoms with Crippen LogP contribution in [0.15, 0.2) is 18.2 Å². The quantitative estimate of drug-likeness (QED) is 0.488. The minimum absolute atomic E-state index is 0.467. The molecule has 0 aliphatic heterocycles. The van der Waals surface area contributed by atoms with Gasteiger partial charge in [-0.1, -0.05) is 45.2 Å². The highest BCUT2D eigenvalue weighted by atomic mass is 127. The Labute approximate surface area is 155 Å². The van der Waals surface area contributed by atoms with E-state index in [1.165, 1.54) is 7.05 Å². The molecule has 0 heterocycles. The second kappa shape index (κ2) is 13.2. The van der Waals surface area contributed by atoms with Crippen molar-refractivity contribution in [1.82, 2.24) is 5.32 Å². The third kappa shape index (κ3) is 8.54. The second-order valence-corrected chi connectivity index (χ2v) is 4.08. The Morgan fingerprint density at radius 3 is 1.95 bits per heavy atom. The van der Waals surface area contributed by atoms with E-state index >= 15 is 0 Å². The van der Waals surface area contributed by atoms with E-state index in [0.717, 1.165) is 11.4 Å². The van der Waals surface area contributed by atoms with Crippen LogP contribution in [0.1, 0.15) is 0 Å². The Morgan fingerprint density at radius 1 is 1.05 bits per heavy atom. The van der Waals surface area contributed by atoms with Gasteiger partial charge in [0.15, 0.2) is 5.75 Å². The van der Waals surface area contributed by atoms with Crippen molar-refractivity contribution in [2.45, 2.75) is 0 Å². The molecule has 0 saturated heterocycles. The largest absolute Gasteiger partial charge is 0.412 e. The van der Waals surface area contributed by atoms with E-state index < -0.39 is 6.09 Å². The van der Waals surface area contributed by atoms with Gasteiger partial charge in [0.1, 0.15) is 0 Å². The Bertz CT molecular complexity index is 413. The van der Waals surface area contributed by atoms with Crippen LogP contribution in [0, 0.1) is 0 Å². The van der Waals surface area contributed by atoms with Gasteiger partial charge in [-0.3, -0.25) is 0 Å². The van der Waals surface area contributed by atoms with Crippen LogP contribution >= 0.6 is 45.2 Å². The molecule has 0 aliphatic carbocycles. The van der Waals surface area contributed by atoms with E-state index in [1.807, 2.05) is 60.0 Å². The van der Waals surface area contributed by atoms with Crippen LogP contribution in [0.25, 0.3) is 0 Å². The van der Waals surface area contributed by atoms with Gasteiger partial charge in [-0.2, -0.15) is 0 Å². The van der Waals surface area contributed by atoms with Crippen molar-refractivity contribution in [1.29, 1.82) is 0 Å². The lowest BCUT2D eigenvalue weighted by Gasteiger charge is -2.20. The van der Waals surface area contributed by atoms with E-state index in [0.29, 0.717) is 5.75 Å². The minimum Gasteiger partial charge on any atom is -0.408 e. The maximum Gasteiger partial charge on any atom is 0.412 e. The molecule has 1 rings (SSSR count). The van der Waals surface area contributed by atoms with Gasteiger partial charge in [-0.15, -0.1) is 0 Å². The Morgan fingerprint density at radius 2 is 1.57 bits per heavy atom. The average Bonchev–Trinajstić information content (AvgIpc) is 2.51. The van der Waals surface area contributed by atoms with Crippen LogP contribution < -0.4 is 19.9 Å². The molecule has 7 heteroatoms. The summed E-state index contributed by atoms with van der Waals surface area (Å²) in [5.74, 6) is 0.542. The Balaban J connectivity index is 0. The summed E-state index contributed by atoms with van der Waals surface area (Å²) in [5.41, 5.74) is 1.91. The number of carbonyl (C=O) groups excluding carboxylic acids is 1. The molecule has 0 unspecified atom stereocenters. The van der Waals surface area contributed by atoms with Gasteiger partial charge in [0.05, 0.1) is 5.69 Å². The van der Waals surface area contributed by atoms with Crippen LogP contribution in [0.4, 0.5) is 16.2 Å². The maximum absolute atomic E-state index is 11.2. The first-order chi connectivity index (χ1) is 9.95. The molecule has 1 N–H and O–H groups in total. The van der Waals surface area contributed by atoms with Gasteiger partial charge in [0.2, 0.25) is 0 Å². The normalized spacial score (nSPS) is 8.43. The molecule has 0 atom stereocenters. The third-order valence-corrected chi connectivity index (χ3v) is 2.35. The highest BCUT2D eigenvalue weighted by molar-refractivity contribution is 14.1. The summed E-state index contributed by atoms with van der Waals surface area (Å²) in [7, 11) is 9.28. The molecule has 1 amide bonds. The first kappa shape index (κ1) is 22.8. The smallest absolute Gasteiger partial charge is 0.408 e. The van der Waals surface area contributed by atoms with Crippen molar-refractivity contribution >= 4 is 62.6 Å². The van der Waals surface area contributed by atoms with E-state index in [4.69, 9.17) is 4.74 Å². The van der Waals surface area contributed by atoms with Gasteiger partial charge < -0.3 is 19.9 Å². The number of hydrogen-bond acceptors (Lipinski definition) is 4. The standard InChI is InChI=1S/C12H19N3O2.2CH3I/c1-13-12(16)17-11-7-6-9(14(2)3)8-10(11)15(4)5;2*1-2/h6-8H,1-5H3,(H,13,16);2*1H3. The zero-order valence-electron chi connectivity index (χ0n) is 13.7. The molecule has 5 nitrogen and oxygen atoms in total. The zero-order valence-corrected chi connectivity index (χ0v) is 18.0. The Hall–Kier alpha value is -0.450. The molecule has 0 radical (unpaired) electrons. The average molecular weight is 521 g/mol. The van der Waals surface area contributed by atoms with E-state index in [2.05, 4.69) is 50.5 Å². The first-order valence-corrected chi connectivity index (χ1v) is 10.4. The summed E-state index contributed by atoms with van der Waals surface area (Å²) in [6.07, 6.45) is -0.467. The van der Waals surface area contributed by atoms with Crippen molar-refractivity contribution in [3.8, 4) is 5.75 Å². The summed E-state index contributed by atoms with van der Waals surface area (Å²) >= 11 is 4.30. The lowest BCUT2D eigenvalue weighted by Crippen LogP contribution is -2.23. The predicted octanol–water partition coefficient (Wildman–Crippen LogP) is 3.64. The topological polar surface area (TPSA) is 44.8 Å². The lowest BCUT2D eigenvalue weighted by atomic mass is 10.2. The SMILES string of the molecule is CI.CI.CNC(=O)Oc1ccc(N(C)C)cc1N(C)C. The number of benzene rings is 1. The Kier molecular flexibility index (Phi) is 14.4. The van der Waals surface area contributed by atoms with Crippen LogP contribution in [-0.4, -0.2) is 51.2 Å². The zero-order chi connectivity index (χ0) is 17.0. The fraction of sp³-hybridized carbons (Fsp3) is 0.500. The molecule has 1 aromatic carbocycles. The van der Waals surface area contributed by atoms with Gasteiger partial charge >= 0.3 is 6.09 Å². The summed E-state index contributed by atoms with van der Waals surface area (Å²) in [5, 5.41) is 2.43. The molecular formula is C14H25I2N3O2. The molecule has 0 aromatic heterocycles. The number of alkyl halides is 2. The molecule has 0 spiro atoms. The molecule has 0 bridgehead atoms. The second-order valence-electron chi connectivity index (χ2n) is 4.08. The van der Waals surface area contributed by atoms with Gasteiger partial charge in [0.25, 0.3) is 0 Å². The fourth-order valence-corrected chi connectivity index (χ4v) is 1.37. The monoisotopic (exact) mass is 521 g/mol. The number of hydrogen-bond donors (Lipinski definition) is 1. The molecule has 1 aromatic rings. The first-order valence-electron chi connectivity index (χ1n) is 6.09. The van der Waals surface area contributed by atoms with Gasteiger partial charge in [0, 0.05) is 40.9 Å². The molecule has 21 heavy (non-hydrogen) atoms. The van der Waals surface area contributed by atoms with Gasteiger partial charge in [-0.25, -0.2) is 4.79 Å².